The Labute approximate surface area is 212 Å². The average Bonchev–Trinajstić information content (AvgIpc) is 3.70. The molecular weight excluding hydrogens is 493 g/mol. The van der Waals surface area contributed by atoms with E-state index in [1.54, 1.807) is 22.7 Å². The maximum absolute atomic E-state index is 4.85. The summed E-state index contributed by atoms with van der Waals surface area (Å²) in [5, 5.41) is 6.48. The number of hydrogen-bond acceptors (Lipinski definition) is 6. The first kappa shape index (κ1) is 20.2. The van der Waals surface area contributed by atoms with Crippen LogP contribution in [0.3, 0.4) is 0 Å². The topological polar surface area (TPSA) is 25.8 Å². The normalized spacial score (nSPS) is 11.5. The predicted octanol–water partition coefficient (Wildman–Crippen LogP) is 9.70. The molecule has 1 aromatic carbocycles. The SMILES string of the molecule is c1csc(-c2ccc(-c3cnc4c(ccc5cc(-c6ccc(-c7cccs7)s6)cnc54)c3)s2)c1. The second-order valence-corrected chi connectivity index (χ2v) is 12.0. The minimum Gasteiger partial charge on any atom is -0.253 e. The fourth-order valence-electron chi connectivity index (χ4n) is 4.15. The average molecular weight is 509 g/mol. The molecule has 0 aliphatic rings. The van der Waals surface area contributed by atoms with Gasteiger partial charge in [-0.2, -0.15) is 0 Å². The van der Waals surface area contributed by atoms with E-state index in [4.69, 9.17) is 9.97 Å². The van der Waals surface area contributed by atoms with Gasteiger partial charge in [0.25, 0.3) is 0 Å². The maximum atomic E-state index is 4.85. The minimum absolute atomic E-state index is 0.952. The zero-order valence-corrected chi connectivity index (χ0v) is 21.0. The molecule has 0 bridgehead atoms. The lowest BCUT2D eigenvalue weighted by Gasteiger charge is -2.06. The van der Waals surface area contributed by atoms with Crippen LogP contribution in [0.4, 0.5) is 0 Å². The summed E-state index contributed by atoms with van der Waals surface area (Å²) in [5.74, 6) is 0. The summed E-state index contributed by atoms with van der Waals surface area (Å²) in [7, 11) is 0. The van der Waals surface area contributed by atoms with Crippen molar-refractivity contribution < 1.29 is 0 Å². The highest BCUT2D eigenvalue weighted by Crippen LogP contribution is 2.39. The number of nitrogens with zero attached hydrogens (tertiary/aromatic N) is 2. The third-order valence-electron chi connectivity index (χ3n) is 5.81. The molecular formula is C28H16N2S4. The molecule has 0 unspecified atom stereocenters. The summed E-state index contributed by atoms with van der Waals surface area (Å²) < 4.78 is 0. The predicted molar refractivity (Wildman–Crippen MR) is 150 cm³/mol. The Morgan fingerprint density at radius 2 is 0.941 bits per heavy atom. The highest BCUT2D eigenvalue weighted by Gasteiger charge is 2.11. The first-order chi connectivity index (χ1) is 16.8. The van der Waals surface area contributed by atoms with Crippen molar-refractivity contribution in [1.82, 2.24) is 9.97 Å². The van der Waals surface area contributed by atoms with Crippen LogP contribution in [0, 0.1) is 0 Å². The fraction of sp³-hybridized carbons (Fsp3) is 0. The highest BCUT2D eigenvalue weighted by atomic mass is 32.1. The summed E-state index contributed by atoms with van der Waals surface area (Å²) in [5.41, 5.74) is 4.20. The molecule has 6 heterocycles. The maximum Gasteiger partial charge on any atom is 0.0965 e. The second kappa shape index (κ2) is 8.25. The molecule has 0 radical (unpaired) electrons. The Morgan fingerprint density at radius 3 is 1.38 bits per heavy atom. The van der Waals surface area contributed by atoms with Crippen molar-refractivity contribution in [2.45, 2.75) is 0 Å². The quantitative estimate of drug-likeness (QED) is 0.221. The van der Waals surface area contributed by atoms with Gasteiger partial charge in [0.05, 0.1) is 11.0 Å². The molecule has 2 nitrogen and oxygen atoms in total. The van der Waals surface area contributed by atoms with Crippen LogP contribution >= 0.6 is 45.3 Å². The van der Waals surface area contributed by atoms with Crippen LogP contribution in [-0.4, -0.2) is 9.97 Å². The number of rotatable bonds is 4. The van der Waals surface area contributed by atoms with Crippen LogP contribution in [0.25, 0.3) is 62.2 Å². The molecule has 162 valence electrons. The second-order valence-electron chi connectivity index (χ2n) is 7.94. The molecule has 0 saturated carbocycles. The lowest BCUT2D eigenvalue weighted by Crippen LogP contribution is -1.87. The van der Waals surface area contributed by atoms with Gasteiger partial charge in [-0.1, -0.05) is 24.3 Å². The van der Waals surface area contributed by atoms with E-state index in [2.05, 4.69) is 83.6 Å². The third-order valence-corrected chi connectivity index (χ3v) is 10.2. The first-order valence-electron chi connectivity index (χ1n) is 10.8. The summed E-state index contributed by atoms with van der Waals surface area (Å²) in [6.07, 6.45) is 3.96. The zero-order chi connectivity index (χ0) is 22.5. The molecule has 0 amide bonds. The number of hydrogen-bond donors (Lipinski definition) is 0. The Hall–Kier alpha value is -3.16. The van der Waals surface area contributed by atoms with Gasteiger partial charge in [0.2, 0.25) is 0 Å². The molecule has 0 saturated heterocycles. The van der Waals surface area contributed by atoms with Gasteiger partial charge >= 0.3 is 0 Å². The lowest BCUT2D eigenvalue weighted by molar-refractivity contribution is 1.38. The summed E-state index contributed by atoms with van der Waals surface area (Å²) in [4.78, 5) is 17.4. The minimum atomic E-state index is 0.952. The van der Waals surface area contributed by atoms with Gasteiger partial charge in [-0.05, 0) is 59.3 Å². The van der Waals surface area contributed by atoms with E-state index in [0.717, 1.165) is 32.9 Å². The van der Waals surface area contributed by atoms with Crippen molar-refractivity contribution >= 4 is 67.2 Å². The van der Waals surface area contributed by atoms with Gasteiger partial charge in [0, 0.05) is 63.6 Å². The van der Waals surface area contributed by atoms with Gasteiger partial charge in [0.15, 0.2) is 0 Å². The molecule has 34 heavy (non-hydrogen) atoms. The van der Waals surface area contributed by atoms with Gasteiger partial charge in [0.1, 0.15) is 0 Å². The molecule has 0 aliphatic carbocycles. The lowest BCUT2D eigenvalue weighted by atomic mass is 10.1. The summed E-state index contributed by atoms with van der Waals surface area (Å²) in [6.45, 7) is 0. The van der Waals surface area contributed by atoms with Crippen molar-refractivity contribution in [2.75, 3.05) is 0 Å². The molecule has 0 fully saturated rings. The number of pyridine rings is 2. The van der Waals surface area contributed by atoms with E-state index in [1.165, 1.54) is 29.3 Å². The summed E-state index contributed by atoms with van der Waals surface area (Å²) in [6, 6.07) is 26.1. The van der Waals surface area contributed by atoms with E-state index in [-0.39, 0.29) is 0 Å². The van der Waals surface area contributed by atoms with Crippen molar-refractivity contribution in [3.8, 4) is 40.4 Å². The number of thiophene rings is 4. The molecule has 6 heteroatoms. The number of aromatic nitrogens is 2. The van der Waals surface area contributed by atoms with E-state index in [0.29, 0.717) is 0 Å². The molecule has 6 aromatic heterocycles. The Kier molecular flexibility index (Phi) is 4.91. The monoisotopic (exact) mass is 508 g/mol. The molecule has 0 aliphatic heterocycles. The fourth-order valence-corrected chi connectivity index (χ4v) is 7.79. The van der Waals surface area contributed by atoms with Crippen LogP contribution in [0.1, 0.15) is 0 Å². The first-order valence-corrected chi connectivity index (χ1v) is 14.2. The van der Waals surface area contributed by atoms with Crippen LogP contribution in [0.2, 0.25) is 0 Å². The molecule has 0 atom stereocenters. The largest absolute Gasteiger partial charge is 0.253 e. The van der Waals surface area contributed by atoms with Crippen molar-refractivity contribution in [3.05, 3.63) is 96.0 Å². The molecule has 0 N–H and O–H groups in total. The van der Waals surface area contributed by atoms with Crippen LogP contribution in [-0.2, 0) is 0 Å². The highest BCUT2D eigenvalue weighted by molar-refractivity contribution is 7.23. The third kappa shape index (κ3) is 3.51. The van der Waals surface area contributed by atoms with Gasteiger partial charge in [-0.3, -0.25) is 9.97 Å². The van der Waals surface area contributed by atoms with Crippen LogP contribution < -0.4 is 0 Å². The van der Waals surface area contributed by atoms with E-state index in [9.17, 15) is 0 Å². The zero-order valence-electron chi connectivity index (χ0n) is 17.8. The van der Waals surface area contributed by atoms with Crippen molar-refractivity contribution in [1.29, 1.82) is 0 Å². The van der Waals surface area contributed by atoms with Crippen molar-refractivity contribution in [3.63, 3.8) is 0 Å². The van der Waals surface area contributed by atoms with E-state index >= 15 is 0 Å². The molecule has 7 aromatic rings. The molecule has 0 spiro atoms. The van der Waals surface area contributed by atoms with E-state index < -0.39 is 0 Å². The Balaban J connectivity index is 1.25. The van der Waals surface area contributed by atoms with E-state index in [1.807, 2.05) is 35.1 Å². The van der Waals surface area contributed by atoms with Gasteiger partial charge < -0.3 is 0 Å². The van der Waals surface area contributed by atoms with Crippen LogP contribution in [0.15, 0.2) is 96.0 Å². The molecule has 7 rings (SSSR count). The standard InChI is InChI=1S/C28H16N2S4/c1-3-23(31-11-1)25-9-7-21(33-25)19-13-17-5-6-18-14-20(16-30-28(18)27(17)29-15-19)22-8-10-26(34-22)24-4-2-12-32-24/h1-16H. The Morgan fingerprint density at radius 1 is 0.471 bits per heavy atom. The Bertz CT molecular complexity index is 1620. The number of benzene rings is 1. The smallest absolute Gasteiger partial charge is 0.0965 e. The number of fused-ring (bicyclic) bond motifs is 3. The summed E-state index contributed by atoms with van der Waals surface area (Å²) >= 11 is 7.18. The van der Waals surface area contributed by atoms with Crippen LogP contribution in [0.5, 0.6) is 0 Å². The van der Waals surface area contributed by atoms with Crippen molar-refractivity contribution in [2.24, 2.45) is 0 Å². The van der Waals surface area contributed by atoms with Gasteiger partial charge in [-0.15, -0.1) is 45.3 Å². The van der Waals surface area contributed by atoms with Gasteiger partial charge in [-0.25, -0.2) is 0 Å².